The molecular formula is C6H2. The van der Waals surface area contributed by atoms with Crippen LogP contribution < -0.4 is 0 Å². The van der Waals surface area contributed by atoms with Gasteiger partial charge in [-0.15, -0.1) is 0 Å². The van der Waals surface area contributed by atoms with Gasteiger partial charge in [0.05, 0.1) is 0 Å². The molecule has 0 bridgehead atoms. The summed E-state index contributed by atoms with van der Waals surface area (Å²) in [6.07, 6.45) is 0. The summed E-state index contributed by atoms with van der Waals surface area (Å²) in [5.74, 6) is 2.19. The Morgan fingerprint density at radius 3 is 1.17 bits per heavy atom. The summed E-state index contributed by atoms with van der Waals surface area (Å²) in [5.41, 5.74) is 7.15. The molecule has 5 rings (SSSR count). The third-order valence-corrected chi connectivity index (χ3v) is 2.57. The Bertz CT molecular complexity index is 190. The van der Waals surface area contributed by atoms with Crippen LogP contribution in [0.2, 0.25) is 0 Å². The Balaban J connectivity index is 2.57. The molecule has 0 amide bonds. The van der Waals surface area contributed by atoms with Crippen LogP contribution in [-0.4, -0.2) is 0 Å². The van der Waals surface area contributed by atoms with Crippen molar-refractivity contribution in [3.8, 4) is 0 Å². The Labute approximate surface area is 35.2 Å². The van der Waals surface area contributed by atoms with E-state index in [-0.39, 0.29) is 0 Å². The average Bonchev–Trinajstić information content (AvgIpc) is 1.64. The lowest BCUT2D eigenvalue weighted by Gasteiger charge is -2.10. The lowest BCUT2D eigenvalue weighted by molar-refractivity contribution is 0.655. The second kappa shape index (κ2) is 0.178. The van der Waals surface area contributed by atoms with Crippen LogP contribution in [0, 0.1) is 11.8 Å². The van der Waals surface area contributed by atoms with Crippen LogP contribution in [-0.2, 0) is 0 Å². The first-order valence-corrected chi connectivity index (χ1v) is 2.49. The van der Waals surface area contributed by atoms with Crippen LogP contribution in [0.3, 0.4) is 0 Å². The first kappa shape index (κ1) is 1.53. The maximum atomic E-state index is 1.79. The van der Waals surface area contributed by atoms with Crippen molar-refractivity contribution in [3.05, 3.63) is 22.3 Å². The Hall–Kier alpha value is -0.520. The maximum Gasteiger partial charge on any atom is 0.0211 e. The molecule has 0 aromatic heterocycles. The fraction of sp³-hybridized carbons (Fsp3) is 0.333. The van der Waals surface area contributed by atoms with E-state index < -0.39 is 0 Å². The molecule has 6 heavy (non-hydrogen) atoms. The van der Waals surface area contributed by atoms with Gasteiger partial charge in [-0.3, -0.25) is 0 Å². The van der Waals surface area contributed by atoms with Crippen LogP contribution in [0.1, 0.15) is 0 Å². The summed E-state index contributed by atoms with van der Waals surface area (Å²) in [6, 6.07) is 0. The molecule has 2 fully saturated rings. The highest BCUT2D eigenvalue weighted by Crippen LogP contribution is 2.91. The summed E-state index contributed by atoms with van der Waals surface area (Å²) in [6.45, 7) is 0. The molecule has 0 radical (unpaired) electrons. The van der Waals surface area contributed by atoms with Gasteiger partial charge in [0, 0.05) is 11.8 Å². The van der Waals surface area contributed by atoms with E-state index >= 15 is 0 Å². The Morgan fingerprint density at radius 2 is 1.00 bits per heavy atom. The average molecular weight is 74.1 g/mol. The van der Waals surface area contributed by atoms with Crippen LogP contribution in [0.5, 0.6) is 0 Å². The maximum absolute atomic E-state index is 1.79. The molecule has 26 valence electrons. The molecule has 0 nitrogen and oxygen atoms in total. The molecule has 0 aromatic rings. The monoisotopic (exact) mass is 74.0 g/mol. The third kappa shape index (κ3) is 0.0216. The van der Waals surface area contributed by atoms with Crippen molar-refractivity contribution >= 4 is 0 Å². The van der Waals surface area contributed by atoms with Crippen molar-refractivity contribution in [1.29, 1.82) is 0 Å². The lowest BCUT2D eigenvalue weighted by atomic mass is 9.91. The largest absolute Gasteiger partial charge is 0.0312 e. The van der Waals surface area contributed by atoms with Crippen molar-refractivity contribution in [2.24, 2.45) is 11.8 Å². The minimum atomic E-state index is 1.09. The first-order valence-electron chi connectivity index (χ1n) is 2.49. The van der Waals surface area contributed by atoms with E-state index in [1.807, 2.05) is 0 Å². The number of allylic oxidation sites excluding steroid dienone is 4. The molecular weight excluding hydrogens is 72.1 g/mol. The quantitative estimate of drug-likeness (QED) is 0.400. The molecule has 0 saturated heterocycles. The third-order valence-electron chi connectivity index (χ3n) is 2.57. The van der Waals surface area contributed by atoms with Gasteiger partial charge in [-0.2, -0.15) is 0 Å². The highest BCUT2D eigenvalue weighted by atomic mass is 14.8. The first-order chi connectivity index (χ1) is 3.00. The normalized spacial score (nSPS) is 60.0. The predicted octanol–water partition coefficient (Wildman–Crippen LogP) is 0.866. The van der Waals surface area contributed by atoms with E-state index in [1.165, 1.54) is 0 Å². The predicted molar refractivity (Wildman–Crippen MR) is 21.0 cm³/mol. The van der Waals surface area contributed by atoms with Gasteiger partial charge in [-0.05, 0) is 22.3 Å². The molecule has 0 aliphatic heterocycles. The zero-order valence-corrected chi connectivity index (χ0v) is 3.15. The van der Waals surface area contributed by atoms with Crippen molar-refractivity contribution in [2.75, 3.05) is 0 Å². The fourth-order valence-corrected chi connectivity index (χ4v) is 2.14. The van der Waals surface area contributed by atoms with Gasteiger partial charge in [-0.25, -0.2) is 0 Å². The SMILES string of the molecule is C12=C3C4=C1C4C23. The van der Waals surface area contributed by atoms with Gasteiger partial charge < -0.3 is 0 Å². The van der Waals surface area contributed by atoms with Gasteiger partial charge >= 0.3 is 0 Å². The molecule has 2 saturated carbocycles. The van der Waals surface area contributed by atoms with Crippen LogP contribution in [0.25, 0.3) is 0 Å². The molecule has 5 aliphatic carbocycles. The summed E-state index contributed by atoms with van der Waals surface area (Å²) in [5, 5.41) is 0. The van der Waals surface area contributed by atoms with Crippen LogP contribution in [0.15, 0.2) is 22.3 Å². The van der Waals surface area contributed by atoms with Crippen molar-refractivity contribution < 1.29 is 0 Å². The van der Waals surface area contributed by atoms with Crippen molar-refractivity contribution in [2.45, 2.75) is 0 Å². The molecule has 5 aliphatic rings. The van der Waals surface area contributed by atoms with Gasteiger partial charge in [-0.1, -0.05) is 0 Å². The number of hydrogen-bond donors (Lipinski definition) is 0. The highest BCUT2D eigenvalue weighted by Gasteiger charge is 2.80. The molecule has 0 unspecified atom stereocenters. The van der Waals surface area contributed by atoms with Gasteiger partial charge in [0.25, 0.3) is 0 Å². The summed E-state index contributed by atoms with van der Waals surface area (Å²) < 4.78 is 0. The molecule has 0 aromatic carbocycles. The van der Waals surface area contributed by atoms with Crippen LogP contribution >= 0.6 is 0 Å². The Kier molecular flexibility index (Phi) is 0.0453. The van der Waals surface area contributed by atoms with Gasteiger partial charge in [0.15, 0.2) is 0 Å². The zero-order chi connectivity index (χ0) is 3.46. The topological polar surface area (TPSA) is 0 Å². The van der Waals surface area contributed by atoms with E-state index in [4.69, 9.17) is 0 Å². The zero-order valence-electron chi connectivity index (χ0n) is 3.15. The Morgan fingerprint density at radius 1 is 0.667 bits per heavy atom. The smallest absolute Gasteiger partial charge is 0.0211 e. The summed E-state index contributed by atoms with van der Waals surface area (Å²) >= 11 is 0. The standard InChI is InChI=1S/C6H2/c1-2-3(1)6-4(1)5(2)6/h1,4H. The van der Waals surface area contributed by atoms with E-state index in [0.717, 1.165) is 11.8 Å². The highest BCUT2D eigenvalue weighted by molar-refractivity contribution is 6.00. The molecule has 0 N–H and O–H groups in total. The molecule has 0 atom stereocenters. The van der Waals surface area contributed by atoms with E-state index in [1.54, 1.807) is 22.3 Å². The second-order valence-electron chi connectivity index (χ2n) is 2.61. The second-order valence-corrected chi connectivity index (χ2v) is 2.61. The lowest BCUT2D eigenvalue weighted by Crippen LogP contribution is -2.05. The minimum absolute atomic E-state index is 1.09. The number of hydrogen-bond acceptors (Lipinski definition) is 0. The van der Waals surface area contributed by atoms with E-state index in [2.05, 4.69) is 0 Å². The molecule has 0 heteroatoms. The number of rotatable bonds is 0. The van der Waals surface area contributed by atoms with Gasteiger partial charge in [0.1, 0.15) is 0 Å². The molecule has 0 heterocycles. The fourth-order valence-electron chi connectivity index (χ4n) is 2.14. The van der Waals surface area contributed by atoms with Crippen molar-refractivity contribution in [3.63, 3.8) is 0 Å². The van der Waals surface area contributed by atoms with Crippen LogP contribution in [0.4, 0.5) is 0 Å². The van der Waals surface area contributed by atoms with Gasteiger partial charge in [0.2, 0.25) is 0 Å². The van der Waals surface area contributed by atoms with E-state index in [0.29, 0.717) is 0 Å². The van der Waals surface area contributed by atoms with E-state index in [9.17, 15) is 0 Å². The summed E-state index contributed by atoms with van der Waals surface area (Å²) in [4.78, 5) is 0. The molecule has 0 spiro atoms. The summed E-state index contributed by atoms with van der Waals surface area (Å²) in [7, 11) is 0. The minimum Gasteiger partial charge on any atom is -0.0312 e. The van der Waals surface area contributed by atoms with Crippen molar-refractivity contribution in [1.82, 2.24) is 0 Å².